The Morgan fingerprint density at radius 1 is 1.10 bits per heavy atom. The number of carbonyl (C=O) groups excluding carboxylic acids is 2. The van der Waals surface area contributed by atoms with E-state index in [9.17, 15) is 18.4 Å². The van der Waals surface area contributed by atoms with Gasteiger partial charge in [0.25, 0.3) is 0 Å². The maximum Gasteiger partial charge on any atom is 0.319 e. The lowest BCUT2D eigenvalue weighted by Gasteiger charge is -2.37. The van der Waals surface area contributed by atoms with Gasteiger partial charge in [-0.05, 0) is 68.9 Å². The first-order valence-corrected chi connectivity index (χ1v) is 13.9. The van der Waals surface area contributed by atoms with Crippen molar-refractivity contribution >= 4 is 45.9 Å². The Labute approximate surface area is 230 Å². The number of alkyl halides is 1. The number of anilines is 2. The highest BCUT2D eigenvalue weighted by atomic mass is 35.5. The largest absolute Gasteiger partial charge is 0.381 e. The van der Waals surface area contributed by atoms with Gasteiger partial charge in [0.1, 0.15) is 5.82 Å². The summed E-state index contributed by atoms with van der Waals surface area (Å²) in [6.07, 6.45) is 5.38. The summed E-state index contributed by atoms with van der Waals surface area (Å²) in [4.78, 5) is 32.0. The molecule has 1 aromatic heterocycles. The summed E-state index contributed by atoms with van der Waals surface area (Å²) >= 11 is 5.66. The van der Waals surface area contributed by atoms with Gasteiger partial charge >= 0.3 is 6.03 Å². The number of nitrogens with one attached hydrogen (secondary N) is 2. The summed E-state index contributed by atoms with van der Waals surface area (Å²) in [5, 5.41) is 5.48. The molecule has 11 heteroatoms. The Kier molecular flexibility index (Phi) is 8.32. The van der Waals surface area contributed by atoms with Crippen LogP contribution in [0.15, 0.2) is 36.4 Å². The van der Waals surface area contributed by atoms with Gasteiger partial charge in [-0.2, -0.15) is 0 Å². The number of nitrogens with zero attached hydrogens (tertiary/aromatic N) is 3. The second kappa shape index (κ2) is 11.9. The van der Waals surface area contributed by atoms with Crippen molar-refractivity contribution in [1.29, 1.82) is 0 Å². The molecule has 0 bridgehead atoms. The number of hydrogen-bond acceptors (Lipinski definition) is 4. The topological polar surface area (TPSA) is 88.5 Å². The van der Waals surface area contributed by atoms with E-state index in [4.69, 9.17) is 21.3 Å². The van der Waals surface area contributed by atoms with E-state index >= 15 is 0 Å². The lowest BCUT2D eigenvalue weighted by molar-refractivity contribution is -0.120. The van der Waals surface area contributed by atoms with Crippen molar-refractivity contribution in [1.82, 2.24) is 14.9 Å². The van der Waals surface area contributed by atoms with E-state index in [-0.39, 0.29) is 24.1 Å². The molecule has 0 unspecified atom stereocenters. The van der Waals surface area contributed by atoms with Gasteiger partial charge in [0.2, 0.25) is 5.91 Å². The maximum absolute atomic E-state index is 14.2. The fourth-order valence-corrected chi connectivity index (χ4v) is 5.86. The molecule has 0 radical (unpaired) electrons. The maximum atomic E-state index is 14.2. The van der Waals surface area contributed by atoms with Crippen molar-refractivity contribution in [2.45, 2.75) is 63.1 Å². The number of rotatable bonds is 7. The summed E-state index contributed by atoms with van der Waals surface area (Å²) in [6.45, 7) is 0.341. The van der Waals surface area contributed by atoms with Gasteiger partial charge in [0.05, 0.1) is 23.2 Å². The van der Waals surface area contributed by atoms with Gasteiger partial charge in [0.15, 0.2) is 11.6 Å². The molecule has 2 N–H and O–H groups in total. The molecule has 39 heavy (non-hydrogen) atoms. The third-order valence-corrected chi connectivity index (χ3v) is 7.81. The number of aromatic nitrogens is 2. The van der Waals surface area contributed by atoms with Crippen LogP contribution in [0.1, 0.15) is 62.9 Å². The van der Waals surface area contributed by atoms with Gasteiger partial charge < -0.3 is 24.8 Å². The molecule has 1 aliphatic carbocycles. The number of halogens is 3. The Hall–Kier alpha value is -3.24. The van der Waals surface area contributed by atoms with E-state index in [1.807, 2.05) is 18.2 Å². The van der Waals surface area contributed by atoms with E-state index in [0.29, 0.717) is 54.4 Å². The van der Waals surface area contributed by atoms with Crippen molar-refractivity contribution in [3.63, 3.8) is 0 Å². The molecule has 3 amide bonds. The van der Waals surface area contributed by atoms with Crippen LogP contribution in [0.2, 0.25) is 0 Å². The number of imidazole rings is 1. The van der Waals surface area contributed by atoms with Gasteiger partial charge in [-0.3, -0.25) is 4.79 Å². The minimum absolute atomic E-state index is 0.131. The number of fused-ring (bicyclic) bond motifs is 1. The molecular formula is C28H32ClF2N5O3. The molecule has 208 valence electrons. The van der Waals surface area contributed by atoms with E-state index in [2.05, 4.69) is 15.2 Å². The van der Waals surface area contributed by atoms with Crippen molar-refractivity contribution in [2.24, 2.45) is 0 Å². The van der Waals surface area contributed by atoms with Crippen molar-refractivity contribution in [3.8, 4) is 0 Å². The number of carbonyl (C=O) groups is 2. The second-order valence-electron chi connectivity index (χ2n) is 10.0. The Morgan fingerprint density at radius 3 is 2.62 bits per heavy atom. The van der Waals surface area contributed by atoms with Crippen LogP contribution in [0.5, 0.6) is 0 Å². The van der Waals surface area contributed by atoms with Crippen LogP contribution in [0.3, 0.4) is 0 Å². The summed E-state index contributed by atoms with van der Waals surface area (Å²) in [5.74, 6) is -1.11. The quantitative estimate of drug-likeness (QED) is 0.344. The fourth-order valence-electron chi connectivity index (χ4n) is 5.76. The van der Waals surface area contributed by atoms with Gasteiger partial charge in [-0.25, -0.2) is 18.6 Å². The van der Waals surface area contributed by atoms with Crippen LogP contribution in [0.4, 0.5) is 25.0 Å². The zero-order valence-electron chi connectivity index (χ0n) is 21.8. The summed E-state index contributed by atoms with van der Waals surface area (Å²) < 4.78 is 35.8. The van der Waals surface area contributed by atoms with E-state index in [1.54, 1.807) is 12.0 Å². The van der Waals surface area contributed by atoms with Crippen LogP contribution >= 0.6 is 11.6 Å². The van der Waals surface area contributed by atoms with E-state index in [0.717, 1.165) is 43.3 Å². The van der Waals surface area contributed by atoms with Crippen molar-refractivity contribution < 1.29 is 23.1 Å². The zero-order valence-corrected chi connectivity index (χ0v) is 22.5. The van der Waals surface area contributed by atoms with Gasteiger partial charge in [-0.1, -0.05) is 0 Å². The standard InChI is InChI=1S/C28H32ClF2N5O3/c1-39-20-9-6-18(7-10-20)36-24-12-5-17(33-28(38)32-14-13-29)15-23(24)34-27(36)25-3-2-4-26(37)35(25)19-8-11-21(30)22(31)16-19/h5,8,11-12,15-16,18,20,25H,2-4,6-7,9-10,13-14H2,1H3,(H2,32,33,38)/t18?,20?,25-/m0/s1. The Balaban J connectivity index is 1.57. The molecular weight excluding hydrogens is 528 g/mol. The molecule has 2 fully saturated rings. The highest BCUT2D eigenvalue weighted by Gasteiger charge is 2.36. The fraction of sp³-hybridized carbons (Fsp3) is 0.464. The summed E-state index contributed by atoms with van der Waals surface area (Å²) in [7, 11) is 1.73. The van der Waals surface area contributed by atoms with Crippen LogP contribution < -0.4 is 15.5 Å². The Bertz CT molecular complexity index is 1360. The number of ether oxygens (including phenoxy) is 1. The highest BCUT2D eigenvalue weighted by molar-refractivity contribution is 6.18. The number of urea groups is 1. The minimum Gasteiger partial charge on any atom is -0.381 e. The molecule has 8 nitrogen and oxygen atoms in total. The molecule has 1 saturated heterocycles. The minimum atomic E-state index is -1.00. The zero-order chi connectivity index (χ0) is 27.5. The number of benzene rings is 2. The molecule has 2 aromatic carbocycles. The van der Waals surface area contributed by atoms with E-state index < -0.39 is 17.7 Å². The predicted octanol–water partition coefficient (Wildman–Crippen LogP) is 6.06. The van der Waals surface area contributed by atoms with Crippen molar-refractivity contribution in [3.05, 3.63) is 53.9 Å². The van der Waals surface area contributed by atoms with Crippen LogP contribution in [0.25, 0.3) is 11.0 Å². The first-order valence-electron chi connectivity index (χ1n) is 13.3. The monoisotopic (exact) mass is 559 g/mol. The first kappa shape index (κ1) is 27.3. The van der Waals surface area contributed by atoms with E-state index in [1.165, 1.54) is 6.07 Å². The second-order valence-corrected chi connectivity index (χ2v) is 10.4. The first-order chi connectivity index (χ1) is 18.9. The average molecular weight is 560 g/mol. The van der Waals surface area contributed by atoms with Crippen molar-refractivity contribution in [2.75, 3.05) is 29.8 Å². The predicted molar refractivity (Wildman–Crippen MR) is 146 cm³/mol. The third kappa shape index (κ3) is 5.72. The van der Waals surface area contributed by atoms with Crippen LogP contribution in [0, 0.1) is 11.6 Å². The Morgan fingerprint density at radius 2 is 1.90 bits per heavy atom. The molecule has 0 spiro atoms. The summed E-state index contributed by atoms with van der Waals surface area (Å²) in [5.41, 5.74) is 2.45. The van der Waals surface area contributed by atoms with Crippen LogP contribution in [-0.4, -0.2) is 47.1 Å². The smallest absolute Gasteiger partial charge is 0.319 e. The number of piperidine rings is 1. The molecule has 1 atom stereocenters. The summed E-state index contributed by atoms with van der Waals surface area (Å²) in [6, 6.07) is 8.43. The van der Waals surface area contributed by atoms with Gasteiger partial charge in [0, 0.05) is 49.4 Å². The molecule has 2 heterocycles. The number of amides is 3. The normalized spacial score (nSPS) is 21.8. The average Bonchev–Trinajstić information content (AvgIpc) is 3.32. The number of hydrogen-bond donors (Lipinski definition) is 2. The number of methoxy groups -OCH3 is 1. The lowest BCUT2D eigenvalue weighted by atomic mass is 9.92. The SMILES string of the molecule is COC1CCC(n2c([C@@H]3CCCC(=O)N3c3ccc(F)c(F)c3)nc3cc(NC(=O)NCCCl)ccc32)CC1. The molecule has 2 aliphatic rings. The molecule has 5 rings (SSSR count). The highest BCUT2D eigenvalue weighted by Crippen LogP contribution is 2.41. The van der Waals surface area contributed by atoms with Gasteiger partial charge in [-0.15, -0.1) is 11.6 Å². The molecule has 1 aliphatic heterocycles. The molecule has 3 aromatic rings. The third-order valence-electron chi connectivity index (χ3n) is 7.62. The van der Waals surface area contributed by atoms with Crippen LogP contribution in [-0.2, 0) is 9.53 Å². The lowest BCUT2D eigenvalue weighted by Crippen LogP contribution is -2.40. The molecule has 1 saturated carbocycles.